The van der Waals surface area contributed by atoms with E-state index < -0.39 is 0 Å². The van der Waals surface area contributed by atoms with Crippen LogP contribution >= 0.6 is 11.3 Å². The Morgan fingerprint density at radius 3 is 2.55 bits per heavy atom. The summed E-state index contributed by atoms with van der Waals surface area (Å²) in [6.07, 6.45) is 1.73. The molecule has 2 aromatic carbocycles. The monoisotopic (exact) mass is 405 g/mol. The summed E-state index contributed by atoms with van der Waals surface area (Å²) in [6.45, 7) is 4.27. The van der Waals surface area contributed by atoms with E-state index in [0.717, 1.165) is 16.6 Å². The van der Waals surface area contributed by atoms with Gasteiger partial charge in [-0.1, -0.05) is 24.3 Å². The van der Waals surface area contributed by atoms with Crippen LogP contribution in [0, 0.1) is 6.92 Å². The average molecular weight is 406 g/mol. The molecular formula is C23H23N3O2S. The summed E-state index contributed by atoms with van der Waals surface area (Å²) in [6, 6.07) is 14.6. The third-order valence-corrected chi connectivity index (χ3v) is 6.14. The molecule has 5 nitrogen and oxygen atoms in total. The molecule has 0 aliphatic rings. The van der Waals surface area contributed by atoms with Gasteiger partial charge in [0.25, 0.3) is 0 Å². The van der Waals surface area contributed by atoms with E-state index in [2.05, 4.69) is 65.1 Å². The van der Waals surface area contributed by atoms with Gasteiger partial charge in [0.2, 0.25) is 0 Å². The molecule has 4 aromatic rings. The van der Waals surface area contributed by atoms with Crippen molar-refractivity contribution in [3.05, 3.63) is 64.5 Å². The first-order valence-corrected chi connectivity index (χ1v) is 10.3. The van der Waals surface area contributed by atoms with E-state index in [-0.39, 0.29) is 6.04 Å². The third kappa shape index (κ3) is 3.76. The van der Waals surface area contributed by atoms with Gasteiger partial charge in [0.1, 0.15) is 0 Å². The molecule has 1 unspecified atom stereocenters. The lowest BCUT2D eigenvalue weighted by atomic mass is 10.0. The Kier molecular flexibility index (Phi) is 5.36. The van der Waals surface area contributed by atoms with Crippen molar-refractivity contribution in [2.75, 3.05) is 19.5 Å². The van der Waals surface area contributed by atoms with Gasteiger partial charge in [0.15, 0.2) is 17.3 Å². The molecule has 1 N–H and O–H groups in total. The van der Waals surface area contributed by atoms with Crippen molar-refractivity contribution in [2.45, 2.75) is 19.9 Å². The number of aromatic nitrogens is 2. The maximum Gasteiger partial charge on any atom is 0.161 e. The van der Waals surface area contributed by atoms with E-state index in [1.165, 1.54) is 21.6 Å². The Hall–Kier alpha value is -3.12. The number of rotatable bonds is 6. The summed E-state index contributed by atoms with van der Waals surface area (Å²) in [5.74, 6) is 2.07. The van der Waals surface area contributed by atoms with Crippen molar-refractivity contribution in [2.24, 2.45) is 0 Å². The normalized spacial score (nSPS) is 12.0. The number of hydrogen-bond acceptors (Lipinski definition) is 6. The molecule has 2 heterocycles. The standard InChI is InChI=1S/C23H23N3O2S/c1-14-7-5-6-8-18(14)17-10-22(29-13-17)15(2)25-23-19-11-21(28-4)20(27-3)9-16(19)12-24-26-23/h5-13,15H,1-4H3,(H,25,26). The summed E-state index contributed by atoms with van der Waals surface area (Å²) in [5, 5.41) is 16.1. The number of fused-ring (bicyclic) bond motifs is 1. The fourth-order valence-electron chi connectivity index (χ4n) is 3.41. The zero-order valence-corrected chi connectivity index (χ0v) is 17.7. The minimum Gasteiger partial charge on any atom is -0.493 e. The van der Waals surface area contributed by atoms with Crippen molar-refractivity contribution in [3.8, 4) is 22.6 Å². The van der Waals surface area contributed by atoms with Crippen LogP contribution in [0.25, 0.3) is 21.9 Å². The molecule has 29 heavy (non-hydrogen) atoms. The van der Waals surface area contributed by atoms with Crippen LogP contribution in [0.1, 0.15) is 23.4 Å². The Morgan fingerprint density at radius 2 is 1.79 bits per heavy atom. The van der Waals surface area contributed by atoms with Gasteiger partial charge in [-0.3, -0.25) is 0 Å². The number of aryl methyl sites for hydroxylation is 1. The molecule has 0 bridgehead atoms. The number of methoxy groups -OCH3 is 2. The van der Waals surface area contributed by atoms with Crippen LogP contribution < -0.4 is 14.8 Å². The van der Waals surface area contributed by atoms with E-state index in [1.807, 2.05) is 12.1 Å². The first-order valence-electron chi connectivity index (χ1n) is 9.39. The van der Waals surface area contributed by atoms with Crippen molar-refractivity contribution in [1.29, 1.82) is 0 Å². The maximum atomic E-state index is 5.45. The van der Waals surface area contributed by atoms with Gasteiger partial charge in [0, 0.05) is 15.6 Å². The van der Waals surface area contributed by atoms with Gasteiger partial charge in [0.05, 0.1) is 26.5 Å². The van der Waals surface area contributed by atoms with Crippen LogP contribution in [0.15, 0.2) is 54.0 Å². The molecule has 6 heteroatoms. The molecule has 0 saturated carbocycles. The second kappa shape index (κ2) is 8.09. The predicted molar refractivity (Wildman–Crippen MR) is 119 cm³/mol. The fraction of sp³-hybridized carbons (Fsp3) is 0.217. The highest BCUT2D eigenvalue weighted by molar-refractivity contribution is 7.10. The van der Waals surface area contributed by atoms with Crippen LogP contribution in [0.3, 0.4) is 0 Å². The number of nitrogens with one attached hydrogen (secondary N) is 1. The largest absolute Gasteiger partial charge is 0.493 e. The molecule has 0 aliphatic heterocycles. The van der Waals surface area contributed by atoms with Gasteiger partial charge < -0.3 is 14.8 Å². The number of ether oxygens (including phenoxy) is 2. The summed E-state index contributed by atoms with van der Waals surface area (Å²) in [7, 11) is 3.26. The molecule has 148 valence electrons. The third-order valence-electron chi connectivity index (χ3n) is 5.02. The predicted octanol–water partition coefficient (Wildman–Crippen LogP) is 5.86. The van der Waals surface area contributed by atoms with Crippen molar-refractivity contribution >= 4 is 27.9 Å². The molecule has 0 fully saturated rings. The second-order valence-corrected chi connectivity index (χ2v) is 7.85. The zero-order chi connectivity index (χ0) is 20.4. The SMILES string of the molecule is COc1cc2cnnc(NC(C)c3cc(-c4ccccc4C)cs3)c2cc1OC. The topological polar surface area (TPSA) is 56.3 Å². The van der Waals surface area contributed by atoms with Crippen molar-refractivity contribution < 1.29 is 9.47 Å². The first-order chi connectivity index (χ1) is 14.1. The molecule has 0 saturated heterocycles. The first kappa shape index (κ1) is 19.2. The number of benzene rings is 2. The second-order valence-electron chi connectivity index (χ2n) is 6.91. The fourth-order valence-corrected chi connectivity index (χ4v) is 4.33. The highest BCUT2D eigenvalue weighted by Crippen LogP contribution is 2.36. The number of thiophene rings is 1. The van der Waals surface area contributed by atoms with Gasteiger partial charge in [-0.15, -0.1) is 16.4 Å². The van der Waals surface area contributed by atoms with Crippen molar-refractivity contribution in [3.63, 3.8) is 0 Å². The Bertz CT molecular complexity index is 1160. The number of anilines is 1. The minimum atomic E-state index is 0.0887. The number of hydrogen-bond donors (Lipinski definition) is 1. The Morgan fingerprint density at radius 1 is 1.03 bits per heavy atom. The smallest absolute Gasteiger partial charge is 0.161 e. The van der Waals surface area contributed by atoms with Gasteiger partial charge in [-0.2, -0.15) is 5.10 Å². The lowest BCUT2D eigenvalue weighted by molar-refractivity contribution is 0.356. The highest BCUT2D eigenvalue weighted by Gasteiger charge is 2.15. The van der Waals surface area contributed by atoms with Gasteiger partial charge in [-0.05, 0) is 54.1 Å². The molecule has 0 radical (unpaired) electrons. The maximum absolute atomic E-state index is 5.45. The van der Waals surface area contributed by atoms with E-state index in [9.17, 15) is 0 Å². The average Bonchev–Trinajstić information content (AvgIpc) is 3.23. The van der Waals surface area contributed by atoms with Crippen LogP contribution in [0.2, 0.25) is 0 Å². The molecule has 2 aromatic heterocycles. The lowest BCUT2D eigenvalue weighted by Crippen LogP contribution is -2.07. The van der Waals surface area contributed by atoms with Crippen LogP contribution in [-0.2, 0) is 0 Å². The molecule has 4 rings (SSSR count). The summed E-state index contributed by atoms with van der Waals surface area (Å²) < 4.78 is 10.9. The molecule has 0 spiro atoms. The van der Waals surface area contributed by atoms with Crippen LogP contribution in [0.4, 0.5) is 5.82 Å². The van der Waals surface area contributed by atoms with E-state index in [4.69, 9.17) is 9.47 Å². The summed E-state index contributed by atoms with van der Waals surface area (Å²) in [4.78, 5) is 1.24. The van der Waals surface area contributed by atoms with Crippen LogP contribution in [0.5, 0.6) is 11.5 Å². The van der Waals surface area contributed by atoms with Crippen molar-refractivity contribution in [1.82, 2.24) is 10.2 Å². The summed E-state index contributed by atoms with van der Waals surface area (Å²) >= 11 is 1.74. The quantitative estimate of drug-likeness (QED) is 0.436. The van der Waals surface area contributed by atoms with Gasteiger partial charge in [-0.25, -0.2) is 0 Å². The Labute approximate surface area is 174 Å². The minimum absolute atomic E-state index is 0.0887. The van der Waals surface area contributed by atoms with E-state index in [0.29, 0.717) is 11.5 Å². The molecule has 0 aliphatic carbocycles. The molecule has 0 amide bonds. The Balaban J connectivity index is 1.64. The molecular weight excluding hydrogens is 382 g/mol. The van der Waals surface area contributed by atoms with E-state index >= 15 is 0 Å². The van der Waals surface area contributed by atoms with Gasteiger partial charge >= 0.3 is 0 Å². The van der Waals surface area contributed by atoms with E-state index in [1.54, 1.807) is 31.8 Å². The highest BCUT2D eigenvalue weighted by atomic mass is 32.1. The number of nitrogens with zero attached hydrogens (tertiary/aromatic N) is 2. The zero-order valence-electron chi connectivity index (χ0n) is 16.9. The lowest BCUT2D eigenvalue weighted by Gasteiger charge is -2.15. The molecule has 1 atom stereocenters. The summed E-state index contributed by atoms with van der Waals surface area (Å²) in [5.41, 5.74) is 3.79. The van der Waals surface area contributed by atoms with Crippen LogP contribution in [-0.4, -0.2) is 24.4 Å².